The Hall–Kier alpha value is -2.29. The molecule has 0 amide bonds. The molecule has 0 unspecified atom stereocenters. The molecule has 0 atom stereocenters. The summed E-state index contributed by atoms with van der Waals surface area (Å²) in [5.41, 5.74) is 11.5. The van der Waals surface area contributed by atoms with E-state index in [9.17, 15) is 0 Å². The molecule has 21 heavy (non-hydrogen) atoms. The summed E-state index contributed by atoms with van der Waals surface area (Å²) in [7, 11) is 0. The van der Waals surface area contributed by atoms with Crippen molar-refractivity contribution in [3.8, 4) is 0 Å². The monoisotopic (exact) mass is 279 g/mol. The van der Waals surface area contributed by atoms with Gasteiger partial charge >= 0.3 is 0 Å². The average Bonchev–Trinajstić information content (AvgIpc) is 2.82. The number of rotatable bonds is 4. The van der Waals surface area contributed by atoms with Crippen LogP contribution >= 0.6 is 0 Å². The van der Waals surface area contributed by atoms with Crippen molar-refractivity contribution >= 4 is 16.7 Å². The van der Waals surface area contributed by atoms with Gasteiger partial charge in [0.15, 0.2) is 0 Å². The maximum Gasteiger partial charge on any atom is 0.109 e. The highest BCUT2D eigenvalue weighted by molar-refractivity contribution is 5.79. The van der Waals surface area contributed by atoms with E-state index in [1.54, 1.807) is 0 Å². The van der Waals surface area contributed by atoms with Gasteiger partial charge in [0, 0.05) is 18.7 Å². The lowest BCUT2D eigenvalue weighted by Crippen LogP contribution is -2.05. The van der Waals surface area contributed by atoms with E-state index >= 15 is 0 Å². The summed E-state index contributed by atoms with van der Waals surface area (Å²) in [6.45, 7) is 5.23. The van der Waals surface area contributed by atoms with Gasteiger partial charge in [-0.15, -0.1) is 0 Å². The molecule has 0 bridgehead atoms. The lowest BCUT2D eigenvalue weighted by atomic mass is 10.1. The van der Waals surface area contributed by atoms with E-state index in [1.165, 1.54) is 16.6 Å². The van der Waals surface area contributed by atoms with Crippen molar-refractivity contribution in [3.05, 3.63) is 59.4 Å². The predicted octanol–water partition coefficient (Wildman–Crippen LogP) is 3.73. The third-order valence-electron chi connectivity index (χ3n) is 3.87. The number of hydrogen-bond acceptors (Lipinski definition) is 2. The zero-order chi connectivity index (χ0) is 14.8. The van der Waals surface area contributed by atoms with E-state index in [-0.39, 0.29) is 0 Å². The summed E-state index contributed by atoms with van der Waals surface area (Å²) in [6, 6.07) is 14.7. The van der Waals surface area contributed by atoms with Crippen LogP contribution < -0.4 is 5.73 Å². The zero-order valence-corrected chi connectivity index (χ0v) is 12.6. The number of nitrogens with zero attached hydrogens (tertiary/aromatic N) is 2. The fraction of sp³-hybridized carbons (Fsp3) is 0.278. The summed E-state index contributed by atoms with van der Waals surface area (Å²) in [5, 5.41) is 0. The van der Waals surface area contributed by atoms with Crippen LogP contribution in [0.1, 0.15) is 23.9 Å². The van der Waals surface area contributed by atoms with E-state index < -0.39 is 0 Å². The number of benzene rings is 2. The minimum absolute atomic E-state index is 0.772. The highest BCUT2D eigenvalue weighted by atomic mass is 15.1. The number of hydrogen-bond donors (Lipinski definition) is 1. The maximum absolute atomic E-state index is 5.86. The van der Waals surface area contributed by atoms with Crippen LogP contribution in [-0.4, -0.2) is 9.55 Å². The first kappa shape index (κ1) is 13.7. The van der Waals surface area contributed by atoms with E-state index in [1.807, 2.05) is 12.1 Å². The first-order valence-electron chi connectivity index (χ1n) is 7.47. The quantitative estimate of drug-likeness (QED) is 0.739. The molecule has 0 aliphatic carbocycles. The molecule has 0 saturated carbocycles. The Morgan fingerprint density at radius 1 is 1.14 bits per heavy atom. The topological polar surface area (TPSA) is 43.8 Å². The van der Waals surface area contributed by atoms with E-state index in [0.717, 1.165) is 36.4 Å². The fourth-order valence-electron chi connectivity index (χ4n) is 2.82. The van der Waals surface area contributed by atoms with Gasteiger partial charge in [0.05, 0.1) is 11.0 Å². The Balaban J connectivity index is 1.92. The van der Waals surface area contributed by atoms with Crippen LogP contribution in [0, 0.1) is 6.92 Å². The SMILES string of the molecule is CCc1nc2cc(N)ccc2n1CCc1cccc(C)c1. The molecular formula is C18H21N3. The van der Waals surface area contributed by atoms with Crippen molar-refractivity contribution in [1.82, 2.24) is 9.55 Å². The summed E-state index contributed by atoms with van der Waals surface area (Å²) in [6.07, 6.45) is 1.95. The van der Waals surface area contributed by atoms with Crippen LogP contribution in [-0.2, 0) is 19.4 Å². The van der Waals surface area contributed by atoms with Crippen LogP contribution in [0.2, 0.25) is 0 Å². The van der Waals surface area contributed by atoms with Crippen molar-refractivity contribution in [3.63, 3.8) is 0 Å². The molecule has 2 N–H and O–H groups in total. The van der Waals surface area contributed by atoms with Crippen molar-refractivity contribution in [1.29, 1.82) is 0 Å². The predicted molar refractivity (Wildman–Crippen MR) is 88.4 cm³/mol. The van der Waals surface area contributed by atoms with Crippen LogP contribution in [0.25, 0.3) is 11.0 Å². The highest BCUT2D eigenvalue weighted by Gasteiger charge is 2.09. The van der Waals surface area contributed by atoms with Crippen LogP contribution in [0.3, 0.4) is 0 Å². The Kier molecular flexibility index (Phi) is 3.65. The molecular weight excluding hydrogens is 258 g/mol. The molecule has 108 valence electrons. The molecule has 3 rings (SSSR count). The Morgan fingerprint density at radius 2 is 2.00 bits per heavy atom. The van der Waals surface area contributed by atoms with E-state index in [0.29, 0.717) is 0 Å². The van der Waals surface area contributed by atoms with Gasteiger partial charge < -0.3 is 10.3 Å². The van der Waals surface area contributed by atoms with Gasteiger partial charge in [0.2, 0.25) is 0 Å². The second-order valence-corrected chi connectivity index (χ2v) is 5.52. The molecule has 1 aromatic heterocycles. The molecule has 0 aliphatic rings. The summed E-state index contributed by atoms with van der Waals surface area (Å²) in [4.78, 5) is 4.70. The number of aryl methyl sites for hydroxylation is 4. The minimum Gasteiger partial charge on any atom is -0.399 e. The van der Waals surface area contributed by atoms with Gasteiger partial charge in [-0.1, -0.05) is 36.8 Å². The molecule has 3 nitrogen and oxygen atoms in total. The maximum atomic E-state index is 5.86. The second kappa shape index (κ2) is 5.60. The van der Waals surface area contributed by atoms with Crippen LogP contribution in [0.4, 0.5) is 5.69 Å². The molecule has 3 heteroatoms. The summed E-state index contributed by atoms with van der Waals surface area (Å²) in [5.74, 6) is 1.13. The molecule has 0 fully saturated rings. The lowest BCUT2D eigenvalue weighted by molar-refractivity contribution is 0.674. The first-order chi connectivity index (χ1) is 10.2. The standard InChI is InChI=1S/C18H21N3/c1-3-18-20-16-12-15(19)7-8-17(16)21(18)10-9-14-6-4-5-13(2)11-14/h4-8,11-12H,3,9-10,19H2,1-2H3. The number of anilines is 1. The van der Waals surface area contributed by atoms with Crippen LogP contribution in [0.5, 0.6) is 0 Å². The first-order valence-corrected chi connectivity index (χ1v) is 7.47. The van der Waals surface area contributed by atoms with Gasteiger partial charge in [-0.2, -0.15) is 0 Å². The number of nitrogens with two attached hydrogens (primary N) is 1. The van der Waals surface area contributed by atoms with Crippen molar-refractivity contribution in [2.24, 2.45) is 0 Å². The fourth-order valence-corrected chi connectivity index (χ4v) is 2.82. The highest BCUT2D eigenvalue weighted by Crippen LogP contribution is 2.20. The Labute approximate surface area is 125 Å². The molecule has 0 spiro atoms. The van der Waals surface area contributed by atoms with Gasteiger partial charge in [-0.25, -0.2) is 4.98 Å². The number of aromatic nitrogens is 2. The number of nitrogen functional groups attached to an aromatic ring is 1. The molecule has 3 aromatic rings. The van der Waals surface area contributed by atoms with Crippen molar-refractivity contribution in [2.45, 2.75) is 33.2 Å². The van der Waals surface area contributed by atoms with Crippen molar-refractivity contribution in [2.75, 3.05) is 5.73 Å². The smallest absolute Gasteiger partial charge is 0.109 e. The van der Waals surface area contributed by atoms with Gasteiger partial charge in [0.25, 0.3) is 0 Å². The number of imidazole rings is 1. The minimum atomic E-state index is 0.772. The van der Waals surface area contributed by atoms with E-state index in [4.69, 9.17) is 10.7 Å². The summed E-state index contributed by atoms with van der Waals surface area (Å²) >= 11 is 0. The Morgan fingerprint density at radius 3 is 2.76 bits per heavy atom. The van der Waals surface area contributed by atoms with E-state index in [2.05, 4.69) is 48.7 Å². The molecule has 0 saturated heterocycles. The third-order valence-corrected chi connectivity index (χ3v) is 3.87. The zero-order valence-electron chi connectivity index (χ0n) is 12.6. The number of fused-ring (bicyclic) bond motifs is 1. The third kappa shape index (κ3) is 2.77. The molecule has 1 heterocycles. The molecule has 2 aromatic carbocycles. The van der Waals surface area contributed by atoms with Gasteiger partial charge in [0.1, 0.15) is 5.82 Å². The van der Waals surface area contributed by atoms with Gasteiger partial charge in [-0.3, -0.25) is 0 Å². The van der Waals surface area contributed by atoms with Crippen LogP contribution in [0.15, 0.2) is 42.5 Å². The Bertz CT molecular complexity index is 771. The molecule has 0 radical (unpaired) electrons. The largest absolute Gasteiger partial charge is 0.399 e. The average molecular weight is 279 g/mol. The van der Waals surface area contributed by atoms with Crippen molar-refractivity contribution < 1.29 is 0 Å². The summed E-state index contributed by atoms with van der Waals surface area (Å²) < 4.78 is 2.32. The second-order valence-electron chi connectivity index (χ2n) is 5.52. The normalized spacial score (nSPS) is 11.1. The molecule has 0 aliphatic heterocycles. The van der Waals surface area contributed by atoms with Gasteiger partial charge in [-0.05, 0) is 37.1 Å². The lowest BCUT2D eigenvalue weighted by Gasteiger charge is -2.09.